The number of aryl methyl sites for hydroxylation is 1. The first-order valence-electron chi connectivity index (χ1n) is 5.88. The van der Waals surface area contributed by atoms with Crippen molar-refractivity contribution in [2.45, 2.75) is 19.4 Å². The first-order chi connectivity index (χ1) is 9.08. The molecule has 2 heterocycles. The maximum Gasteiger partial charge on any atom is 0.340 e. The van der Waals surface area contributed by atoms with E-state index in [-0.39, 0.29) is 17.5 Å². The summed E-state index contributed by atoms with van der Waals surface area (Å²) in [5.74, 6) is 0.732. The Morgan fingerprint density at radius 2 is 2.37 bits per heavy atom. The maximum atomic E-state index is 11.9. The smallest absolute Gasteiger partial charge is 0.340 e. The molecule has 0 radical (unpaired) electrons. The van der Waals surface area contributed by atoms with Crippen LogP contribution >= 0.6 is 23.3 Å². The van der Waals surface area contributed by atoms with E-state index in [9.17, 15) is 9.59 Å². The third-order valence-electron chi connectivity index (χ3n) is 2.76. The molecule has 0 aromatic carbocycles. The summed E-state index contributed by atoms with van der Waals surface area (Å²) in [6.07, 6.45) is 0.350. The van der Waals surface area contributed by atoms with Crippen LogP contribution in [-0.2, 0) is 4.79 Å². The lowest BCUT2D eigenvalue weighted by molar-refractivity contribution is -0.116. The normalized spacial score (nSPS) is 19.1. The summed E-state index contributed by atoms with van der Waals surface area (Å²) in [5, 5.41) is 15.3. The van der Waals surface area contributed by atoms with Crippen LogP contribution in [0.3, 0.4) is 0 Å². The number of hydrogen-bond donors (Lipinski definition) is 3. The molecule has 2 rings (SSSR count). The minimum absolute atomic E-state index is 0.0873. The number of nitrogens with zero attached hydrogens (tertiary/aromatic N) is 1. The predicted molar refractivity (Wildman–Crippen MR) is 76.2 cm³/mol. The molecule has 1 aliphatic rings. The standard InChI is InChI=1S/C11H15N3O3S2/c1-6-9(11(16)17)10(19-14-6)13-8(15)4-7-5-18-3-2-12-7/h7,12H,2-5H2,1H3,(H,13,15)(H,16,17). The lowest BCUT2D eigenvalue weighted by atomic mass is 10.2. The van der Waals surface area contributed by atoms with Crippen molar-refractivity contribution in [3.63, 3.8) is 0 Å². The molecule has 0 bridgehead atoms. The highest BCUT2D eigenvalue weighted by Crippen LogP contribution is 2.24. The number of carboxylic acids is 1. The second-order valence-electron chi connectivity index (χ2n) is 4.26. The van der Waals surface area contributed by atoms with Crippen molar-refractivity contribution in [2.75, 3.05) is 23.4 Å². The van der Waals surface area contributed by atoms with Gasteiger partial charge in [0.2, 0.25) is 5.91 Å². The van der Waals surface area contributed by atoms with Gasteiger partial charge in [0.1, 0.15) is 10.6 Å². The summed E-state index contributed by atoms with van der Waals surface area (Å²) >= 11 is 2.82. The highest BCUT2D eigenvalue weighted by atomic mass is 32.2. The van der Waals surface area contributed by atoms with Gasteiger partial charge in [0.05, 0.1) is 5.69 Å². The Balaban J connectivity index is 1.96. The molecule has 0 aliphatic carbocycles. The van der Waals surface area contributed by atoms with Crippen LogP contribution < -0.4 is 10.6 Å². The molecule has 6 nitrogen and oxygen atoms in total. The van der Waals surface area contributed by atoms with E-state index in [1.165, 1.54) is 0 Å². The van der Waals surface area contributed by atoms with Crippen molar-refractivity contribution in [1.29, 1.82) is 0 Å². The molecule has 1 aromatic heterocycles. The molecule has 19 heavy (non-hydrogen) atoms. The van der Waals surface area contributed by atoms with Crippen molar-refractivity contribution in [3.8, 4) is 0 Å². The molecule has 3 N–H and O–H groups in total. The van der Waals surface area contributed by atoms with E-state index in [0.717, 1.165) is 29.6 Å². The number of rotatable bonds is 4. The molecule has 0 spiro atoms. The van der Waals surface area contributed by atoms with Crippen LogP contribution in [0.15, 0.2) is 0 Å². The Hall–Kier alpha value is -1.12. The van der Waals surface area contributed by atoms with Crippen molar-refractivity contribution >= 4 is 40.2 Å². The van der Waals surface area contributed by atoms with E-state index >= 15 is 0 Å². The van der Waals surface area contributed by atoms with Crippen molar-refractivity contribution in [3.05, 3.63) is 11.3 Å². The third kappa shape index (κ3) is 3.68. The molecule has 1 fully saturated rings. The van der Waals surface area contributed by atoms with Gasteiger partial charge in [0.25, 0.3) is 0 Å². The molecule has 0 saturated carbocycles. The summed E-state index contributed by atoms with van der Waals surface area (Å²) in [5.41, 5.74) is 0.517. The SMILES string of the molecule is Cc1nsc(NC(=O)CC2CSCCN2)c1C(=O)O. The van der Waals surface area contributed by atoms with Crippen molar-refractivity contribution in [1.82, 2.24) is 9.69 Å². The molecule has 1 unspecified atom stereocenters. The number of aromatic carboxylic acids is 1. The first kappa shape index (κ1) is 14.3. The number of hydrogen-bond acceptors (Lipinski definition) is 6. The summed E-state index contributed by atoms with van der Waals surface area (Å²) < 4.78 is 3.96. The van der Waals surface area contributed by atoms with Gasteiger partial charge in [-0.05, 0) is 18.5 Å². The zero-order valence-corrected chi connectivity index (χ0v) is 12.1. The number of amides is 1. The van der Waals surface area contributed by atoms with Gasteiger partial charge in [-0.1, -0.05) is 0 Å². The van der Waals surface area contributed by atoms with Gasteiger partial charge >= 0.3 is 5.97 Å². The number of nitrogens with one attached hydrogen (secondary N) is 2. The largest absolute Gasteiger partial charge is 0.478 e. The summed E-state index contributed by atoms with van der Waals surface area (Å²) in [7, 11) is 0. The number of carboxylic acid groups (broad SMARTS) is 1. The Bertz CT molecular complexity index is 484. The van der Waals surface area contributed by atoms with Crippen molar-refractivity contribution in [2.24, 2.45) is 0 Å². The molecule has 1 aliphatic heterocycles. The molecular formula is C11H15N3O3S2. The van der Waals surface area contributed by atoms with E-state index in [1.54, 1.807) is 6.92 Å². The molecular weight excluding hydrogens is 286 g/mol. The molecule has 8 heteroatoms. The average Bonchev–Trinajstić information content (AvgIpc) is 2.71. The monoisotopic (exact) mass is 301 g/mol. The summed E-state index contributed by atoms with van der Waals surface area (Å²) in [6.45, 7) is 2.53. The van der Waals surface area contributed by atoms with Crippen LogP contribution in [-0.4, -0.2) is 45.4 Å². The molecule has 1 amide bonds. The zero-order valence-electron chi connectivity index (χ0n) is 10.4. The highest BCUT2D eigenvalue weighted by molar-refractivity contribution is 7.99. The maximum absolute atomic E-state index is 11.9. The predicted octanol–water partition coefficient (Wildman–Crippen LogP) is 1.18. The first-order valence-corrected chi connectivity index (χ1v) is 7.81. The second kappa shape index (κ2) is 6.36. The number of carbonyl (C=O) groups excluding carboxylic acids is 1. The van der Waals surface area contributed by atoms with Crippen LogP contribution in [0.4, 0.5) is 5.00 Å². The van der Waals surface area contributed by atoms with E-state index < -0.39 is 5.97 Å². The lowest BCUT2D eigenvalue weighted by Gasteiger charge is -2.22. The lowest BCUT2D eigenvalue weighted by Crippen LogP contribution is -2.39. The molecule has 1 aromatic rings. The van der Waals surface area contributed by atoms with Crippen LogP contribution in [0, 0.1) is 6.92 Å². The van der Waals surface area contributed by atoms with Gasteiger partial charge in [0.15, 0.2) is 0 Å². The van der Waals surface area contributed by atoms with Gasteiger partial charge in [-0.15, -0.1) is 0 Å². The molecule has 104 valence electrons. The third-order valence-corrected chi connectivity index (χ3v) is 4.74. The number of thioether (sulfide) groups is 1. The van der Waals surface area contributed by atoms with Gasteiger partial charge in [-0.2, -0.15) is 16.1 Å². The van der Waals surface area contributed by atoms with Crippen LogP contribution in [0.5, 0.6) is 0 Å². The Morgan fingerprint density at radius 1 is 1.58 bits per heavy atom. The van der Waals surface area contributed by atoms with Crippen LogP contribution in [0.25, 0.3) is 0 Å². The van der Waals surface area contributed by atoms with Crippen molar-refractivity contribution < 1.29 is 14.7 Å². The number of aromatic nitrogens is 1. The Morgan fingerprint density at radius 3 is 3.00 bits per heavy atom. The second-order valence-corrected chi connectivity index (χ2v) is 6.18. The Labute approximate surface area is 119 Å². The fourth-order valence-electron chi connectivity index (χ4n) is 1.86. The Kier molecular flexibility index (Phi) is 4.78. The molecule has 1 atom stereocenters. The number of anilines is 1. The van der Waals surface area contributed by atoms with Crippen LogP contribution in [0.1, 0.15) is 22.5 Å². The van der Waals surface area contributed by atoms with E-state index in [2.05, 4.69) is 15.0 Å². The summed E-state index contributed by atoms with van der Waals surface area (Å²) in [4.78, 5) is 23.0. The fourth-order valence-corrected chi connectivity index (χ4v) is 3.61. The average molecular weight is 301 g/mol. The van der Waals surface area contributed by atoms with Crippen LogP contribution in [0.2, 0.25) is 0 Å². The quantitative estimate of drug-likeness (QED) is 0.773. The number of carbonyl (C=O) groups is 2. The van der Waals surface area contributed by atoms with Gasteiger partial charge in [0, 0.05) is 30.5 Å². The van der Waals surface area contributed by atoms with Gasteiger partial charge in [-0.3, -0.25) is 4.79 Å². The topological polar surface area (TPSA) is 91.3 Å². The summed E-state index contributed by atoms with van der Waals surface area (Å²) in [6, 6.07) is 0.154. The highest BCUT2D eigenvalue weighted by Gasteiger charge is 2.21. The minimum atomic E-state index is -1.06. The van der Waals surface area contributed by atoms with E-state index in [4.69, 9.17) is 5.11 Å². The van der Waals surface area contributed by atoms with Gasteiger partial charge < -0.3 is 15.7 Å². The fraction of sp³-hybridized carbons (Fsp3) is 0.545. The van der Waals surface area contributed by atoms with E-state index in [0.29, 0.717) is 17.1 Å². The van der Waals surface area contributed by atoms with E-state index in [1.807, 2.05) is 11.8 Å². The zero-order chi connectivity index (χ0) is 13.8. The minimum Gasteiger partial charge on any atom is -0.478 e. The molecule has 1 saturated heterocycles. The van der Waals surface area contributed by atoms with Gasteiger partial charge in [-0.25, -0.2) is 4.79 Å².